The minimum Gasteiger partial charge on any atom is -0.483 e. The first-order valence-electron chi connectivity index (χ1n) is 8.30. The van der Waals surface area contributed by atoms with Crippen molar-refractivity contribution < 1.29 is 27.5 Å². The van der Waals surface area contributed by atoms with Crippen LogP contribution in [0.5, 0.6) is 5.75 Å². The minimum absolute atomic E-state index is 0.283. The van der Waals surface area contributed by atoms with Gasteiger partial charge in [-0.2, -0.15) is 13.2 Å². The molecule has 0 saturated carbocycles. The number of hydrazine groups is 1. The molecule has 0 bridgehead atoms. The van der Waals surface area contributed by atoms with Crippen molar-refractivity contribution in [3.8, 4) is 5.75 Å². The van der Waals surface area contributed by atoms with Crippen molar-refractivity contribution >= 4 is 17.9 Å². The van der Waals surface area contributed by atoms with E-state index in [0.717, 1.165) is 29.3 Å². The van der Waals surface area contributed by atoms with Gasteiger partial charge in [-0.1, -0.05) is 30.3 Å². The molecule has 0 aliphatic carbocycles. The highest BCUT2D eigenvalue weighted by atomic mass is 19.4. The summed E-state index contributed by atoms with van der Waals surface area (Å²) in [7, 11) is 0. The summed E-state index contributed by atoms with van der Waals surface area (Å²) in [5.41, 5.74) is 5.77. The summed E-state index contributed by atoms with van der Waals surface area (Å²) in [6.45, 7) is 3.43. The zero-order valence-electron chi connectivity index (χ0n) is 15.3. The van der Waals surface area contributed by atoms with E-state index >= 15 is 0 Å². The van der Waals surface area contributed by atoms with Gasteiger partial charge in [-0.3, -0.25) is 20.4 Å². The molecule has 5 nitrogen and oxygen atoms in total. The topological polar surface area (TPSA) is 67.4 Å². The van der Waals surface area contributed by atoms with E-state index in [4.69, 9.17) is 4.74 Å². The average molecular weight is 392 g/mol. The second-order valence-corrected chi connectivity index (χ2v) is 6.00. The Hall–Kier alpha value is -3.29. The van der Waals surface area contributed by atoms with Crippen LogP contribution in [0.4, 0.5) is 13.2 Å². The first kappa shape index (κ1) is 21.0. The Morgan fingerprint density at radius 3 is 2.18 bits per heavy atom. The first-order chi connectivity index (χ1) is 13.2. The number of benzene rings is 2. The maximum Gasteiger partial charge on any atom is 0.416 e. The predicted octanol–water partition coefficient (Wildman–Crippen LogP) is 3.56. The molecule has 28 heavy (non-hydrogen) atoms. The van der Waals surface area contributed by atoms with E-state index in [2.05, 4.69) is 10.9 Å². The Morgan fingerprint density at radius 2 is 1.61 bits per heavy atom. The fourth-order valence-electron chi connectivity index (χ4n) is 2.33. The van der Waals surface area contributed by atoms with Gasteiger partial charge in [0.1, 0.15) is 5.75 Å². The van der Waals surface area contributed by atoms with Crippen LogP contribution in [-0.2, 0) is 15.8 Å². The highest BCUT2D eigenvalue weighted by molar-refractivity contribution is 5.93. The Morgan fingerprint density at radius 1 is 1.00 bits per heavy atom. The molecule has 0 aliphatic heterocycles. The van der Waals surface area contributed by atoms with Crippen molar-refractivity contribution in [2.45, 2.75) is 20.0 Å². The van der Waals surface area contributed by atoms with Gasteiger partial charge in [0.25, 0.3) is 11.8 Å². The van der Waals surface area contributed by atoms with Crippen LogP contribution >= 0.6 is 0 Å². The van der Waals surface area contributed by atoms with E-state index in [1.807, 2.05) is 32.0 Å². The number of nitrogens with one attached hydrogen (secondary N) is 2. The molecule has 2 aromatic carbocycles. The monoisotopic (exact) mass is 392 g/mol. The molecule has 0 unspecified atom stereocenters. The van der Waals surface area contributed by atoms with Crippen LogP contribution in [0.25, 0.3) is 6.08 Å². The summed E-state index contributed by atoms with van der Waals surface area (Å²) in [4.78, 5) is 23.5. The number of rotatable bonds is 5. The Labute approximate surface area is 160 Å². The number of alkyl halides is 3. The predicted molar refractivity (Wildman–Crippen MR) is 98.2 cm³/mol. The molecular weight excluding hydrogens is 373 g/mol. The van der Waals surface area contributed by atoms with Crippen molar-refractivity contribution in [3.05, 3.63) is 70.8 Å². The maximum absolute atomic E-state index is 12.5. The molecule has 0 aromatic heterocycles. The smallest absolute Gasteiger partial charge is 0.416 e. The van der Waals surface area contributed by atoms with E-state index < -0.39 is 23.6 Å². The largest absolute Gasteiger partial charge is 0.483 e. The molecule has 0 fully saturated rings. The van der Waals surface area contributed by atoms with Gasteiger partial charge in [0.05, 0.1) is 5.56 Å². The molecule has 2 N–H and O–H groups in total. The van der Waals surface area contributed by atoms with Gasteiger partial charge >= 0.3 is 6.18 Å². The molecule has 8 heteroatoms. The number of carbonyl (C=O) groups excluding carboxylic acids is 2. The molecular formula is C20H19F3N2O3. The van der Waals surface area contributed by atoms with Gasteiger partial charge in [0.15, 0.2) is 6.61 Å². The molecule has 2 aromatic rings. The second kappa shape index (κ2) is 9.07. The van der Waals surface area contributed by atoms with Crippen molar-refractivity contribution in [2.24, 2.45) is 0 Å². The summed E-state index contributed by atoms with van der Waals surface area (Å²) < 4.78 is 42.9. The standard InChI is InChI=1S/C20H19F3N2O3/c1-13-4-3-5-14(2)19(13)28-12-18(27)25-24-17(26)11-8-15-6-9-16(10-7-15)20(21,22)23/h3-11H,12H2,1-2H3,(H,24,26)(H,25,27)/b11-8+. The molecule has 0 atom stereocenters. The van der Waals surface area contributed by atoms with Gasteiger partial charge in [-0.05, 0) is 48.7 Å². The SMILES string of the molecule is Cc1cccc(C)c1OCC(=O)NNC(=O)/C=C/c1ccc(C(F)(F)F)cc1. The minimum atomic E-state index is -4.41. The lowest BCUT2D eigenvalue weighted by atomic mass is 10.1. The molecule has 0 radical (unpaired) electrons. The maximum atomic E-state index is 12.5. The number of carbonyl (C=O) groups is 2. The fraction of sp³-hybridized carbons (Fsp3) is 0.200. The first-order valence-corrected chi connectivity index (χ1v) is 8.30. The van der Waals surface area contributed by atoms with Crippen LogP contribution in [-0.4, -0.2) is 18.4 Å². The van der Waals surface area contributed by atoms with E-state index in [1.54, 1.807) is 0 Å². The molecule has 0 spiro atoms. The number of hydrogen-bond donors (Lipinski definition) is 2. The third kappa shape index (κ3) is 6.15. The highest BCUT2D eigenvalue weighted by Gasteiger charge is 2.29. The van der Waals surface area contributed by atoms with E-state index in [9.17, 15) is 22.8 Å². The lowest BCUT2D eigenvalue weighted by molar-refractivity contribution is -0.137. The summed E-state index contributed by atoms with van der Waals surface area (Å²) in [6.07, 6.45) is -1.99. The van der Waals surface area contributed by atoms with Crippen molar-refractivity contribution in [3.63, 3.8) is 0 Å². The normalized spacial score (nSPS) is 11.3. The number of halogens is 3. The van der Waals surface area contributed by atoms with Gasteiger partial charge in [0.2, 0.25) is 0 Å². The number of para-hydroxylation sites is 1. The number of aryl methyl sites for hydroxylation is 2. The van der Waals surface area contributed by atoms with Crippen molar-refractivity contribution in [2.75, 3.05) is 6.61 Å². The number of hydrogen-bond acceptors (Lipinski definition) is 3. The molecule has 0 aliphatic rings. The number of amides is 2. The average Bonchev–Trinajstić information content (AvgIpc) is 2.64. The van der Waals surface area contributed by atoms with Crippen LogP contribution in [0.1, 0.15) is 22.3 Å². The van der Waals surface area contributed by atoms with Gasteiger partial charge in [0, 0.05) is 6.08 Å². The summed E-state index contributed by atoms with van der Waals surface area (Å²) in [5.74, 6) is -0.592. The molecule has 0 heterocycles. The summed E-state index contributed by atoms with van der Waals surface area (Å²) in [6, 6.07) is 9.91. The van der Waals surface area contributed by atoms with Crippen LogP contribution in [0.15, 0.2) is 48.5 Å². The number of ether oxygens (including phenoxy) is 1. The highest BCUT2D eigenvalue weighted by Crippen LogP contribution is 2.29. The summed E-state index contributed by atoms with van der Waals surface area (Å²) >= 11 is 0. The van der Waals surface area contributed by atoms with Crippen LogP contribution < -0.4 is 15.6 Å². The van der Waals surface area contributed by atoms with Gasteiger partial charge in [-0.25, -0.2) is 0 Å². The van der Waals surface area contributed by atoms with Crippen molar-refractivity contribution in [1.82, 2.24) is 10.9 Å². The Bertz CT molecular complexity index is 855. The van der Waals surface area contributed by atoms with Crippen LogP contribution in [0, 0.1) is 13.8 Å². The lowest BCUT2D eigenvalue weighted by Crippen LogP contribution is -2.43. The molecule has 2 rings (SSSR count). The Balaban J connectivity index is 1.80. The quantitative estimate of drug-likeness (QED) is 0.604. The van der Waals surface area contributed by atoms with E-state index in [-0.39, 0.29) is 6.61 Å². The van der Waals surface area contributed by atoms with Gasteiger partial charge < -0.3 is 4.74 Å². The van der Waals surface area contributed by atoms with Crippen LogP contribution in [0.2, 0.25) is 0 Å². The van der Waals surface area contributed by atoms with Gasteiger partial charge in [-0.15, -0.1) is 0 Å². The molecule has 0 saturated heterocycles. The lowest BCUT2D eigenvalue weighted by Gasteiger charge is -2.11. The van der Waals surface area contributed by atoms with E-state index in [0.29, 0.717) is 11.3 Å². The van der Waals surface area contributed by atoms with Crippen molar-refractivity contribution in [1.29, 1.82) is 0 Å². The zero-order valence-corrected chi connectivity index (χ0v) is 15.3. The Kier molecular flexibility index (Phi) is 6.81. The van der Waals surface area contributed by atoms with Crippen LogP contribution in [0.3, 0.4) is 0 Å². The molecule has 2 amide bonds. The molecule has 148 valence electrons. The third-order valence-electron chi connectivity index (χ3n) is 3.75. The second-order valence-electron chi connectivity index (χ2n) is 6.00. The summed E-state index contributed by atoms with van der Waals surface area (Å²) in [5, 5.41) is 0. The van der Waals surface area contributed by atoms with E-state index in [1.165, 1.54) is 18.2 Å². The zero-order chi connectivity index (χ0) is 20.7. The fourth-order valence-corrected chi connectivity index (χ4v) is 2.33. The third-order valence-corrected chi connectivity index (χ3v) is 3.75.